The third-order valence-corrected chi connectivity index (χ3v) is 8.10. The molecule has 0 saturated carbocycles. The maximum Gasteiger partial charge on any atom is 0.186 e. The summed E-state index contributed by atoms with van der Waals surface area (Å²) in [6.07, 6.45) is -2.69. The number of rotatable bonds is 14. The minimum Gasteiger partial charge on any atom is -0.374 e. The normalized spacial score (nSPS) is 21.6. The van der Waals surface area contributed by atoms with Crippen molar-refractivity contribution in [2.75, 3.05) is 13.7 Å². The Morgan fingerprint density at radius 2 is 1.02 bits per heavy atom. The first kappa shape index (κ1) is 31.1. The fourth-order valence-corrected chi connectivity index (χ4v) is 5.77. The Hall–Kier alpha value is -3.88. The van der Waals surface area contributed by atoms with Gasteiger partial charge in [0.1, 0.15) is 24.4 Å². The lowest BCUT2D eigenvalue weighted by Gasteiger charge is -2.45. The van der Waals surface area contributed by atoms with Crippen LogP contribution in [0.25, 0.3) is 10.8 Å². The van der Waals surface area contributed by atoms with Gasteiger partial charge in [-0.05, 0) is 33.0 Å². The summed E-state index contributed by atoms with van der Waals surface area (Å²) in [5, 5.41) is 2.36. The van der Waals surface area contributed by atoms with Crippen molar-refractivity contribution in [2.24, 2.45) is 0 Å². The molecule has 6 nitrogen and oxygen atoms in total. The maximum atomic E-state index is 6.69. The number of ether oxygens (including phenoxy) is 6. The number of fused-ring (bicyclic) bond motifs is 1. The van der Waals surface area contributed by atoms with Gasteiger partial charge in [-0.2, -0.15) is 0 Å². The molecule has 232 valence electrons. The molecule has 0 spiro atoms. The van der Waals surface area contributed by atoms with E-state index in [1.807, 2.05) is 72.8 Å². The van der Waals surface area contributed by atoms with Crippen LogP contribution in [0.5, 0.6) is 0 Å². The minimum absolute atomic E-state index is 0.291. The van der Waals surface area contributed by atoms with Crippen molar-refractivity contribution >= 4 is 10.8 Å². The summed E-state index contributed by atoms with van der Waals surface area (Å²) < 4.78 is 38.7. The van der Waals surface area contributed by atoms with E-state index in [0.29, 0.717) is 33.0 Å². The van der Waals surface area contributed by atoms with Crippen LogP contribution in [0.3, 0.4) is 0 Å². The highest BCUT2D eigenvalue weighted by atomic mass is 16.7. The Kier molecular flexibility index (Phi) is 11.0. The number of methoxy groups -OCH3 is 1. The van der Waals surface area contributed by atoms with Crippen LogP contribution < -0.4 is 0 Å². The SMILES string of the molecule is CO[C@H]1O[C@H](COCc2cccc3ccccc23)[C@@H](OCc2ccccc2)[C@H](OCc2ccccc2)[C@H]1OCc1ccccc1. The van der Waals surface area contributed by atoms with E-state index in [1.54, 1.807) is 7.11 Å². The largest absolute Gasteiger partial charge is 0.374 e. The Morgan fingerprint density at radius 1 is 0.511 bits per heavy atom. The third-order valence-electron chi connectivity index (χ3n) is 8.10. The predicted octanol–water partition coefficient (Wildman–Crippen LogP) is 7.48. The second-order valence-corrected chi connectivity index (χ2v) is 11.2. The number of benzene rings is 5. The standard InChI is InChI=1S/C39H40O6/c1-40-39-38(44-26-31-18-9-4-10-19-31)37(43-25-30-16-7-3-8-17-30)36(42-24-29-14-5-2-6-15-29)35(45-39)28-41-27-33-22-13-21-32-20-11-12-23-34(32)33/h2-23,35-39H,24-28H2,1H3/t35-,36-,37+,38-,39+/m1/s1. The highest BCUT2D eigenvalue weighted by Gasteiger charge is 2.48. The summed E-state index contributed by atoms with van der Waals surface area (Å²) in [7, 11) is 1.64. The molecule has 6 heteroatoms. The van der Waals surface area contributed by atoms with Crippen molar-refractivity contribution in [3.63, 3.8) is 0 Å². The lowest BCUT2D eigenvalue weighted by molar-refractivity contribution is -0.323. The summed E-state index contributed by atoms with van der Waals surface area (Å²) in [5.41, 5.74) is 4.29. The van der Waals surface area contributed by atoms with Crippen LogP contribution in [0, 0.1) is 0 Å². The van der Waals surface area contributed by atoms with Gasteiger partial charge in [0, 0.05) is 7.11 Å². The smallest absolute Gasteiger partial charge is 0.186 e. The van der Waals surface area contributed by atoms with Crippen LogP contribution in [-0.4, -0.2) is 44.4 Å². The molecule has 0 N–H and O–H groups in total. The van der Waals surface area contributed by atoms with Gasteiger partial charge in [0.05, 0.1) is 33.0 Å². The molecule has 1 saturated heterocycles. The van der Waals surface area contributed by atoms with E-state index >= 15 is 0 Å². The minimum atomic E-state index is -0.683. The summed E-state index contributed by atoms with van der Waals surface area (Å²) in [6, 6.07) is 45.0. The average molecular weight is 605 g/mol. The van der Waals surface area contributed by atoms with Gasteiger partial charge in [-0.15, -0.1) is 0 Å². The van der Waals surface area contributed by atoms with E-state index < -0.39 is 30.7 Å². The quantitative estimate of drug-likeness (QED) is 0.131. The van der Waals surface area contributed by atoms with Gasteiger partial charge in [-0.25, -0.2) is 0 Å². The molecule has 5 aromatic rings. The van der Waals surface area contributed by atoms with Crippen LogP contribution in [0.1, 0.15) is 22.3 Å². The fourth-order valence-electron chi connectivity index (χ4n) is 5.77. The first-order valence-corrected chi connectivity index (χ1v) is 15.5. The second kappa shape index (κ2) is 15.9. The summed E-state index contributed by atoms with van der Waals surface area (Å²) >= 11 is 0. The maximum absolute atomic E-state index is 6.69. The molecule has 1 aliphatic heterocycles. The molecule has 6 rings (SSSR count). The van der Waals surface area contributed by atoms with Gasteiger partial charge >= 0.3 is 0 Å². The van der Waals surface area contributed by atoms with Gasteiger partial charge in [-0.1, -0.05) is 133 Å². The number of hydrogen-bond acceptors (Lipinski definition) is 6. The van der Waals surface area contributed by atoms with Crippen molar-refractivity contribution in [3.8, 4) is 0 Å². The molecule has 0 bridgehead atoms. The Bertz CT molecular complexity index is 1570. The van der Waals surface area contributed by atoms with E-state index in [4.69, 9.17) is 28.4 Å². The Balaban J connectivity index is 1.25. The van der Waals surface area contributed by atoms with Crippen LogP contribution in [0.4, 0.5) is 0 Å². The van der Waals surface area contributed by atoms with Crippen LogP contribution in [0.15, 0.2) is 133 Å². The molecule has 0 radical (unpaired) electrons. The Labute approximate surface area is 265 Å². The van der Waals surface area contributed by atoms with E-state index in [-0.39, 0.29) is 0 Å². The molecular formula is C39H40O6. The van der Waals surface area contributed by atoms with Crippen LogP contribution in [-0.2, 0) is 54.8 Å². The van der Waals surface area contributed by atoms with Crippen molar-refractivity contribution in [3.05, 3.63) is 156 Å². The van der Waals surface area contributed by atoms with Crippen LogP contribution >= 0.6 is 0 Å². The van der Waals surface area contributed by atoms with E-state index in [1.165, 1.54) is 10.8 Å². The zero-order valence-electron chi connectivity index (χ0n) is 25.6. The van der Waals surface area contributed by atoms with Crippen LogP contribution in [0.2, 0.25) is 0 Å². The van der Waals surface area contributed by atoms with Gasteiger partial charge in [0.15, 0.2) is 6.29 Å². The van der Waals surface area contributed by atoms with E-state index in [0.717, 1.165) is 22.3 Å². The molecule has 1 fully saturated rings. The van der Waals surface area contributed by atoms with E-state index in [2.05, 4.69) is 60.7 Å². The predicted molar refractivity (Wildman–Crippen MR) is 174 cm³/mol. The van der Waals surface area contributed by atoms with Gasteiger partial charge in [-0.3, -0.25) is 0 Å². The number of hydrogen-bond donors (Lipinski definition) is 0. The molecule has 1 aliphatic rings. The second-order valence-electron chi connectivity index (χ2n) is 11.2. The molecular weight excluding hydrogens is 564 g/mol. The van der Waals surface area contributed by atoms with Crippen molar-refractivity contribution in [1.82, 2.24) is 0 Å². The zero-order valence-corrected chi connectivity index (χ0v) is 25.6. The summed E-state index contributed by atoms with van der Waals surface area (Å²) in [4.78, 5) is 0. The highest BCUT2D eigenvalue weighted by Crippen LogP contribution is 2.31. The first-order chi connectivity index (χ1) is 22.3. The fraction of sp³-hybridized carbons (Fsp3) is 0.282. The van der Waals surface area contributed by atoms with Crippen molar-refractivity contribution in [1.29, 1.82) is 0 Å². The van der Waals surface area contributed by atoms with Gasteiger partial charge < -0.3 is 28.4 Å². The lowest BCUT2D eigenvalue weighted by Crippen LogP contribution is -2.61. The first-order valence-electron chi connectivity index (χ1n) is 15.5. The summed E-state index contributed by atoms with van der Waals surface area (Å²) in [6.45, 7) is 1.89. The lowest BCUT2D eigenvalue weighted by atomic mass is 9.97. The van der Waals surface area contributed by atoms with Crippen molar-refractivity contribution < 1.29 is 28.4 Å². The molecule has 1 heterocycles. The molecule has 0 unspecified atom stereocenters. The zero-order chi connectivity index (χ0) is 30.7. The van der Waals surface area contributed by atoms with Gasteiger partial charge in [0.2, 0.25) is 0 Å². The summed E-state index contributed by atoms with van der Waals surface area (Å²) in [5.74, 6) is 0. The van der Waals surface area contributed by atoms with Crippen molar-refractivity contribution in [2.45, 2.75) is 57.1 Å². The Morgan fingerprint density at radius 3 is 1.62 bits per heavy atom. The topological polar surface area (TPSA) is 55.4 Å². The van der Waals surface area contributed by atoms with Gasteiger partial charge in [0.25, 0.3) is 0 Å². The van der Waals surface area contributed by atoms with E-state index in [9.17, 15) is 0 Å². The molecule has 0 aliphatic carbocycles. The molecule has 0 aromatic heterocycles. The average Bonchev–Trinajstić information content (AvgIpc) is 3.10. The molecule has 5 atom stereocenters. The molecule has 0 amide bonds. The monoisotopic (exact) mass is 604 g/mol. The third kappa shape index (κ3) is 8.24. The molecule has 5 aromatic carbocycles. The molecule has 45 heavy (non-hydrogen) atoms. The highest BCUT2D eigenvalue weighted by molar-refractivity contribution is 5.85.